The highest BCUT2D eigenvalue weighted by atomic mass is 19.3. The Morgan fingerprint density at radius 3 is 2.57 bits per heavy atom. The van der Waals surface area contributed by atoms with Crippen LogP contribution in [-0.4, -0.2) is 49.7 Å². The summed E-state index contributed by atoms with van der Waals surface area (Å²) >= 11 is 0. The van der Waals surface area contributed by atoms with Gasteiger partial charge in [0.15, 0.2) is 5.65 Å². The number of nitrogens with one attached hydrogen (secondary N) is 2. The minimum absolute atomic E-state index is 0.199. The van der Waals surface area contributed by atoms with E-state index in [9.17, 15) is 18.7 Å². The van der Waals surface area contributed by atoms with Gasteiger partial charge in [0.05, 0.1) is 12.3 Å². The van der Waals surface area contributed by atoms with E-state index in [0.717, 1.165) is 25.7 Å². The molecule has 2 fully saturated rings. The molecule has 2 aliphatic carbocycles. The van der Waals surface area contributed by atoms with Crippen LogP contribution in [0.1, 0.15) is 61.7 Å². The summed E-state index contributed by atoms with van der Waals surface area (Å²) in [6, 6.07) is 1.79. The molecular weight excluding hydrogens is 368 g/mol. The van der Waals surface area contributed by atoms with Crippen molar-refractivity contribution in [3.8, 4) is 0 Å². The van der Waals surface area contributed by atoms with Crippen molar-refractivity contribution < 1.29 is 18.7 Å². The fourth-order valence-corrected chi connectivity index (χ4v) is 3.99. The van der Waals surface area contributed by atoms with E-state index in [1.807, 2.05) is 0 Å². The second-order valence-electron chi connectivity index (χ2n) is 7.89. The highest BCUT2D eigenvalue weighted by Gasteiger charge is 2.35. The summed E-state index contributed by atoms with van der Waals surface area (Å²) < 4.78 is 28.1. The molecule has 0 atom stereocenters. The van der Waals surface area contributed by atoms with Crippen molar-refractivity contribution in [1.82, 2.24) is 19.9 Å². The van der Waals surface area contributed by atoms with Crippen molar-refractivity contribution in [1.29, 1.82) is 0 Å². The number of fused-ring (bicyclic) bond motifs is 1. The van der Waals surface area contributed by atoms with E-state index >= 15 is 0 Å². The molecule has 0 bridgehead atoms. The van der Waals surface area contributed by atoms with Crippen LogP contribution in [0.2, 0.25) is 0 Å². The summed E-state index contributed by atoms with van der Waals surface area (Å²) in [5, 5.41) is 20.0. The Bertz CT molecular complexity index is 838. The average Bonchev–Trinajstić information content (AvgIpc) is 3.09. The van der Waals surface area contributed by atoms with Crippen LogP contribution in [0, 0.1) is 0 Å². The Labute approximate surface area is 161 Å². The predicted octanol–water partition coefficient (Wildman–Crippen LogP) is 2.75. The van der Waals surface area contributed by atoms with Crippen molar-refractivity contribution in [3.63, 3.8) is 0 Å². The fourth-order valence-electron chi connectivity index (χ4n) is 3.99. The molecule has 2 saturated carbocycles. The van der Waals surface area contributed by atoms with Crippen molar-refractivity contribution >= 4 is 17.4 Å². The van der Waals surface area contributed by atoms with E-state index in [1.165, 1.54) is 10.7 Å². The third-order valence-electron chi connectivity index (χ3n) is 5.71. The summed E-state index contributed by atoms with van der Waals surface area (Å²) in [5.74, 6) is -2.31. The quantitative estimate of drug-likeness (QED) is 0.743. The van der Waals surface area contributed by atoms with Crippen molar-refractivity contribution in [3.05, 3.63) is 24.0 Å². The lowest BCUT2D eigenvalue weighted by Crippen LogP contribution is -2.40. The number of hydrogen-bond acceptors (Lipinski definition) is 5. The van der Waals surface area contributed by atoms with E-state index in [4.69, 9.17) is 0 Å². The SMILES string of the molecule is O=C(NC1CCC(F)(F)CC1)c1cnn2ccc(N[C@H]3CC[C@H](O)CC3)nc12. The van der Waals surface area contributed by atoms with Crippen LogP contribution in [0.4, 0.5) is 14.6 Å². The smallest absolute Gasteiger partial charge is 0.256 e. The minimum atomic E-state index is -2.62. The number of carbonyl (C=O) groups excluding carboxylic acids is 1. The van der Waals surface area contributed by atoms with Crippen LogP contribution in [0.25, 0.3) is 5.65 Å². The molecule has 2 heterocycles. The molecule has 1 amide bonds. The zero-order valence-electron chi connectivity index (χ0n) is 15.6. The maximum absolute atomic E-state index is 13.3. The van der Waals surface area contributed by atoms with E-state index in [-0.39, 0.29) is 49.8 Å². The molecule has 0 radical (unpaired) electrons. The molecular formula is C19H25F2N5O2. The van der Waals surface area contributed by atoms with Crippen molar-refractivity contribution in [2.75, 3.05) is 5.32 Å². The maximum Gasteiger partial charge on any atom is 0.256 e. The molecule has 2 aliphatic rings. The van der Waals surface area contributed by atoms with Gasteiger partial charge in [0, 0.05) is 31.1 Å². The summed E-state index contributed by atoms with van der Waals surface area (Å²) in [4.78, 5) is 17.2. The molecule has 0 aliphatic heterocycles. The molecule has 0 spiro atoms. The van der Waals surface area contributed by atoms with Gasteiger partial charge in [-0.05, 0) is 44.6 Å². The molecule has 28 heavy (non-hydrogen) atoms. The average molecular weight is 393 g/mol. The lowest BCUT2D eigenvalue weighted by Gasteiger charge is -2.28. The molecule has 4 rings (SSSR count). The first-order valence-electron chi connectivity index (χ1n) is 9.87. The molecule has 152 valence electrons. The highest BCUT2D eigenvalue weighted by Crippen LogP contribution is 2.33. The Hall–Kier alpha value is -2.29. The van der Waals surface area contributed by atoms with Crippen LogP contribution in [0.5, 0.6) is 0 Å². The third-order valence-corrected chi connectivity index (χ3v) is 5.71. The molecule has 2 aromatic heterocycles. The Kier molecular flexibility index (Phi) is 5.18. The Balaban J connectivity index is 1.44. The van der Waals surface area contributed by atoms with Crippen LogP contribution in [0.3, 0.4) is 0 Å². The van der Waals surface area contributed by atoms with Crippen molar-refractivity contribution in [2.24, 2.45) is 0 Å². The van der Waals surface area contributed by atoms with Gasteiger partial charge in [-0.2, -0.15) is 5.10 Å². The van der Waals surface area contributed by atoms with Crippen LogP contribution in [0.15, 0.2) is 18.5 Å². The number of hydrogen-bond donors (Lipinski definition) is 3. The Morgan fingerprint density at radius 1 is 1.14 bits per heavy atom. The molecule has 7 nitrogen and oxygen atoms in total. The number of aliphatic hydroxyl groups excluding tert-OH is 1. The van der Waals surface area contributed by atoms with Gasteiger partial charge in [0.25, 0.3) is 5.91 Å². The number of nitrogens with zero attached hydrogens (tertiary/aromatic N) is 3. The van der Waals surface area contributed by atoms with E-state index in [0.29, 0.717) is 17.0 Å². The number of aliphatic hydroxyl groups is 1. The molecule has 0 aromatic carbocycles. The predicted molar refractivity (Wildman–Crippen MR) is 99.5 cm³/mol. The van der Waals surface area contributed by atoms with Gasteiger partial charge in [-0.25, -0.2) is 18.3 Å². The second kappa shape index (κ2) is 7.62. The van der Waals surface area contributed by atoms with Gasteiger partial charge in [-0.3, -0.25) is 4.79 Å². The highest BCUT2D eigenvalue weighted by molar-refractivity contribution is 5.99. The summed E-state index contributed by atoms with van der Waals surface area (Å²) in [6.07, 6.45) is 6.37. The number of alkyl halides is 2. The fraction of sp³-hybridized carbons (Fsp3) is 0.632. The van der Waals surface area contributed by atoms with Gasteiger partial charge in [0.2, 0.25) is 5.92 Å². The monoisotopic (exact) mass is 393 g/mol. The van der Waals surface area contributed by atoms with Gasteiger partial charge in [-0.15, -0.1) is 0 Å². The first-order valence-corrected chi connectivity index (χ1v) is 9.87. The van der Waals surface area contributed by atoms with Crippen LogP contribution >= 0.6 is 0 Å². The number of carbonyl (C=O) groups is 1. The van der Waals surface area contributed by atoms with E-state index in [1.54, 1.807) is 12.3 Å². The van der Waals surface area contributed by atoms with Gasteiger partial charge < -0.3 is 15.7 Å². The molecule has 9 heteroatoms. The lowest BCUT2D eigenvalue weighted by atomic mass is 9.92. The van der Waals surface area contributed by atoms with Crippen molar-refractivity contribution in [2.45, 2.75) is 75.5 Å². The molecule has 2 aromatic rings. The largest absolute Gasteiger partial charge is 0.393 e. The number of amides is 1. The lowest BCUT2D eigenvalue weighted by molar-refractivity contribution is -0.0399. The molecule has 0 saturated heterocycles. The molecule has 3 N–H and O–H groups in total. The second-order valence-corrected chi connectivity index (χ2v) is 7.89. The Morgan fingerprint density at radius 2 is 1.86 bits per heavy atom. The van der Waals surface area contributed by atoms with Crippen LogP contribution in [-0.2, 0) is 0 Å². The van der Waals surface area contributed by atoms with Gasteiger partial charge >= 0.3 is 0 Å². The number of halogens is 2. The first kappa shape index (κ1) is 19.0. The number of aromatic nitrogens is 3. The zero-order chi connectivity index (χ0) is 19.7. The minimum Gasteiger partial charge on any atom is -0.393 e. The topological polar surface area (TPSA) is 91.6 Å². The molecule has 0 unspecified atom stereocenters. The summed E-state index contributed by atoms with van der Waals surface area (Å²) in [7, 11) is 0. The zero-order valence-corrected chi connectivity index (χ0v) is 15.6. The maximum atomic E-state index is 13.3. The standard InChI is InChI=1S/C19H25F2N5O2/c20-19(21)8-5-13(6-9-19)24-18(28)15-11-22-26-10-7-16(25-17(15)26)23-12-1-3-14(27)4-2-12/h7,10-14,27H,1-6,8-9H2,(H,23,25)(H,24,28)/t12-,14-. The normalized spacial score (nSPS) is 25.5. The third kappa shape index (κ3) is 4.24. The van der Waals surface area contributed by atoms with Gasteiger partial charge in [0.1, 0.15) is 11.4 Å². The number of anilines is 1. The van der Waals surface area contributed by atoms with Gasteiger partial charge in [-0.1, -0.05) is 0 Å². The number of rotatable bonds is 4. The summed E-state index contributed by atoms with van der Waals surface area (Å²) in [6.45, 7) is 0. The van der Waals surface area contributed by atoms with Crippen LogP contribution < -0.4 is 10.6 Å². The van der Waals surface area contributed by atoms with E-state index in [2.05, 4.69) is 20.7 Å². The first-order chi connectivity index (χ1) is 13.4. The van der Waals surface area contributed by atoms with E-state index < -0.39 is 5.92 Å². The summed E-state index contributed by atoms with van der Waals surface area (Å²) in [5.41, 5.74) is 0.763.